The van der Waals surface area contributed by atoms with Crippen LogP contribution in [0, 0.1) is 0 Å². The molecule has 0 aliphatic carbocycles. The molecule has 1 unspecified atom stereocenters. The monoisotopic (exact) mass is 777 g/mol. The predicted molar refractivity (Wildman–Crippen MR) is 238 cm³/mol. The van der Waals surface area contributed by atoms with Gasteiger partial charge in [0.05, 0.1) is 0 Å². The molecule has 6 nitrogen and oxygen atoms in total. The summed E-state index contributed by atoms with van der Waals surface area (Å²) in [5.74, 6) is 1.65. The maximum absolute atomic E-state index is 13.7. The zero-order valence-electron chi connectivity index (χ0n) is 31.5. The van der Waals surface area contributed by atoms with Crippen molar-refractivity contribution in [2.75, 3.05) is 0 Å². The van der Waals surface area contributed by atoms with Gasteiger partial charge < -0.3 is 0 Å². The lowest BCUT2D eigenvalue weighted by atomic mass is 9.90. The molecule has 0 amide bonds. The summed E-state index contributed by atoms with van der Waals surface area (Å²) in [7, 11) is -3.37. The SMILES string of the molecule is O=[S+]1(O)c2ccccc2-c2cc(-c3cc(-c4nc(-c5ccccc5)nc(-c5ccc(-c6cccnc6)cc5)n4)cc(-c4cc5ccccc5c5ccccc45)c3)ccc21. The molecule has 0 spiro atoms. The summed E-state index contributed by atoms with van der Waals surface area (Å²) in [6.45, 7) is 0. The van der Waals surface area contributed by atoms with Crippen molar-refractivity contribution in [2.24, 2.45) is 0 Å². The maximum atomic E-state index is 13.7. The minimum atomic E-state index is -3.37. The van der Waals surface area contributed by atoms with Gasteiger partial charge in [-0.05, 0) is 116 Å². The smallest absolute Gasteiger partial charge is 0.264 e. The van der Waals surface area contributed by atoms with Gasteiger partial charge >= 0.3 is 0 Å². The van der Waals surface area contributed by atoms with Crippen LogP contribution in [0.3, 0.4) is 0 Å². The van der Waals surface area contributed by atoms with Crippen LogP contribution in [0.25, 0.3) is 100 Å². The fraction of sp³-hybridized carbons (Fsp3) is 0. The summed E-state index contributed by atoms with van der Waals surface area (Å²) in [6, 6.07) is 61.1. The van der Waals surface area contributed by atoms with Crippen molar-refractivity contribution < 1.29 is 8.76 Å². The number of aromatic nitrogens is 4. The average molecular weight is 778 g/mol. The molecule has 0 fully saturated rings. The van der Waals surface area contributed by atoms with Gasteiger partial charge in [-0.2, -0.15) is 4.55 Å². The van der Waals surface area contributed by atoms with Crippen molar-refractivity contribution in [1.82, 2.24) is 19.9 Å². The first-order chi connectivity index (χ1) is 29.0. The molecule has 0 bridgehead atoms. The average Bonchev–Trinajstić information content (AvgIpc) is 3.54. The van der Waals surface area contributed by atoms with Crippen LogP contribution in [0.2, 0.25) is 0 Å². The minimum Gasteiger partial charge on any atom is -0.264 e. The van der Waals surface area contributed by atoms with Crippen molar-refractivity contribution in [1.29, 1.82) is 0 Å². The Labute approximate surface area is 341 Å². The third kappa shape index (κ3) is 6.03. The summed E-state index contributed by atoms with van der Waals surface area (Å²) in [5.41, 5.74) is 10.1. The van der Waals surface area contributed by atoms with Crippen LogP contribution in [0.5, 0.6) is 0 Å². The van der Waals surface area contributed by atoms with Crippen molar-refractivity contribution in [3.8, 4) is 78.7 Å². The van der Waals surface area contributed by atoms with Crippen LogP contribution >= 0.6 is 0 Å². The van der Waals surface area contributed by atoms with E-state index >= 15 is 0 Å². The first-order valence-electron chi connectivity index (χ1n) is 19.4. The molecule has 1 N–H and O–H groups in total. The molecular weight excluding hydrogens is 745 g/mol. The summed E-state index contributed by atoms with van der Waals surface area (Å²) < 4.78 is 25.0. The summed E-state index contributed by atoms with van der Waals surface area (Å²) in [4.78, 5) is 20.5. The van der Waals surface area contributed by atoms with Crippen LogP contribution in [0.15, 0.2) is 204 Å². The first-order valence-corrected chi connectivity index (χ1v) is 20.9. The molecule has 1 aliphatic rings. The molecule has 1 aliphatic heterocycles. The number of benzene rings is 8. The Hall–Kier alpha value is -7.45. The Bertz CT molecular complexity index is 3320. The van der Waals surface area contributed by atoms with E-state index in [1.807, 2.05) is 91.1 Å². The molecule has 59 heavy (non-hydrogen) atoms. The number of hydrogen-bond acceptors (Lipinski definition) is 5. The van der Waals surface area contributed by atoms with Gasteiger partial charge in [0, 0.05) is 40.2 Å². The second kappa shape index (κ2) is 13.9. The van der Waals surface area contributed by atoms with Crippen LogP contribution < -0.4 is 0 Å². The molecule has 0 saturated heterocycles. The fourth-order valence-electron chi connectivity index (χ4n) is 8.28. The summed E-state index contributed by atoms with van der Waals surface area (Å²) in [6.07, 6.45) is 3.63. The van der Waals surface area contributed by atoms with E-state index in [-0.39, 0.29) is 0 Å². The normalized spacial score (nSPS) is 14.3. The van der Waals surface area contributed by atoms with E-state index in [0.717, 1.165) is 72.0 Å². The van der Waals surface area contributed by atoms with Crippen molar-refractivity contribution in [2.45, 2.75) is 9.79 Å². The van der Waals surface area contributed by atoms with Crippen LogP contribution in [-0.2, 0) is 14.4 Å². The van der Waals surface area contributed by atoms with Crippen molar-refractivity contribution in [3.05, 3.63) is 194 Å². The second-order valence-corrected chi connectivity index (χ2v) is 16.6. The first kappa shape index (κ1) is 34.8. The van der Waals surface area contributed by atoms with Crippen LogP contribution in [-0.4, -0.2) is 24.5 Å². The topological polar surface area (TPSA) is 88.9 Å². The molecule has 3 heterocycles. The number of pyridine rings is 1. The number of nitrogens with zero attached hydrogens (tertiary/aromatic N) is 4. The lowest BCUT2D eigenvalue weighted by molar-refractivity contribution is 0.500. The van der Waals surface area contributed by atoms with Crippen LogP contribution in [0.1, 0.15) is 0 Å². The van der Waals surface area contributed by atoms with Gasteiger partial charge in [0.1, 0.15) is 0 Å². The highest BCUT2D eigenvalue weighted by Crippen LogP contribution is 2.48. The Morgan fingerprint density at radius 2 is 0.949 bits per heavy atom. The van der Waals surface area contributed by atoms with Gasteiger partial charge in [0.2, 0.25) is 9.79 Å². The lowest BCUT2D eigenvalue weighted by Gasteiger charge is -2.15. The van der Waals surface area contributed by atoms with Gasteiger partial charge in [0.15, 0.2) is 17.5 Å². The minimum absolute atomic E-state index is 0.434. The zero-order chi connectivity index (χ0) is 39.5. The molecule has 0 saturated carbocycles. The third-order valence-electron chi connectivity index (χ3n) is 11.2. The summed E-state index contributed by atoms with van der Waals surface area (Å²) in [5, 5.41) is 4.64. The summed E-state index contributed by atoms with van der Waals surface area (Å²) >= 11 is 0. The molecular formula is C52H33N4O2S+. The highest BCUT2D eigenvalue weighted by atomic mass is 32.3. The molecule has 278 valence electrons. The number of rotatable bonds is 6. The number of hydrogen-bond donors (Lipinski definition) is 1. The Balaban J connectivity index is 1.14. The van der Waals surface area contributed by atoms with E-state index in [4.69, 9.17) is 15.0 Å². The number of fused-ring (bicyclic) bond motifs is 6. The predicted octanol–water partition coefficient (Wildman–Crippen LogP) is 12.9. The standard InChI is InChI=1S/C52H32N4O2S/c57-59(58)48-19-9-8-18-45(48)47-30-36(24-25-49(47)59)39-27-40(46-31-37-13-4-5-15-42(37)43-16-6-7-17-44(43)46)29-41(28-39)52-55-50(34-11-2-1-3-12-34)54-51(56-52)35-22-20-33(21-23-35)38-14-10-26-53-32-38/h1-32H/p+1. The van der Waals surface area contributed by atoms with Gasteiger partial charge in [0.25, 0.3) is 10.2 Å². The lowest BCUT2D eigenvalue weighted by Crippen LogP contribution is -2.05. The largest absolute Gasteiger partial charge is 0.282 e. The van der Waals surface area contributed by atoms with Gasteiger partial charge in [-0.3, -0.25) is 4.98 Å². The second-order valence-electron chi connectivity index (χ2n) is 14.7. The van der Waals surface area contributed by atoms with Crippen molar-refractivity contribution in [3.63, 3.8) is 0 Å². The highest BCUT2D eigenvalue weighted by molar-refractivity contribution is 7.98. The Kier molecular flexibility index (Phi) is 8.18. The van der Waals surface area contributed by atoms with Gasteiger partial charge in [-0.25, -0.2) is 15.0 Å². The van der Waals surface area contributed by atoms with E-state index in [1.165, 1.54) is 10.8 Å². The zero-order valence-corrected chi connectivity index (χ0v) is 32.3. The van der Waals surface area contributed by atoms with E-state index in [2.05, 4.69) is 89.9 Å². The molecule has 7 heteroatoms. The van der Waals surface area contributed by atoms with E-state index in [9.17, 15) is 8.76 Å². The molecule has 2 aromatic heterocycles. The van der Waals surface area contributed by atoms with Crippen molar-refractivity contribution >= 4 is 31.8 Å². The van der Waals surface area contributed by atoms with E-state index in [1.54, 1.807) is 18.3 Å². The van der Waals surface area contributed by atoms with E-state index < -0.39 is 10.2 Å². The molecule has 10 aromatic rings. The Morgan fingerprint density at radius 1 is 0.373 bits per heavy atom. The Morgan fingerprint density at radius 3 is 1.73 bits per heavy atom. The molecule has 0 radical (unpaired) electrons. The quantitative estimate of drug-likeness (QED) is 0.134. The van der Waals surface area contributed by atoms with Gasteiger partial charge in [-0.15, -0.1) is 0 Å². The maximum Gasteiger partial charge on any atom is 0.282 e. The van der Waals surface area contributed by atoms with Gasteiger partial charge in [-0.1, -0.05) is 126 Å². The van der Waals surface area contributed by atoms with Crippen LogP contribution in [0.4, 0.5) is 0 Å². The molecule has 8 aromatic carbocycles. The van der Waals surface area contributed by atoms with E-state index in [0.29, 0.717) is 27.3 Å². The molecule has 11 rings (SSSR count). The fourth-order valence-corrected chi connectivity index (χ4v) is 9.97. The third-order valence-corrected chi connectivity index (χ3v) is 13.1. The highest BCUT2D eigenvalue weighted by Gasteiger charge is 2.45. The molecule has 1 atom stereocenters.